The summed E-state index contributed by atoms with van der Waals surface area (Å²) >= 11 is 3.03. The van der Waals surface area contributed by atoms with Gasteiger partial charge in [0, 0.05) is 6.54 Å². The van der Waals surface area contributed by atoms with Crippen molar-refractivity contribution < 1.29 is 9.31 Å². The van der Waals surface area contributed by atoms with Crippen LogP contribution in [0.1, 0.15) is 6.42 Å². The van der Waals surface area contributed by atoms with E-state index in [4.69, 9.17) is 0 Å². The smallest absolute Gasteiger partial charge is 0.295 e. The predicted octanol–water partition coefficient (Wildman–Crippen LogP) is 2.52. The van der Waals surface area contributed by atoms with E-state index < -0.39 is 10.7 Å². The van der Waals surface area contributed by atoms with E-state index in [1.165, 1.54) is 6.07 Å². The Morgan fingerprint density at radius 2 is 2.39 bits per heavy atom. The largest absolute Gasteiger partial charge is 0.379 e. The maximum absolute atomic E-state index is 13.3. The standard InChI is InChI=1S/C11H13BrFN3O2/c12-8-3-10(11(16(17)18)4-9(8)13)15-6-7-1-2-14-5-7/h3-4,7,14-15H,1-2,5-6H2. The Balaban J connectivity index is 2.14. The van der Waals surface area contributed by atoms with Crippen molar-refractivity contribution in [2.24, 2.45) is 5.92 Å². The van der Waals surface area contributed by atoms with E-state index in [1.54, 1.807) is 0 Å². The molecule has 0 bridgehead atoms. The summed E-state index contributed by atoms with van der Waals surface area (Å²) in [5.74, 6) is -0.178. The molecule has 0 aliphatic carbocycles. The van der Waals surface area contributed by atoms with Gasteiger partial charge in [0.2, 0.25) is 0 Å². The van der Waals surface area contributed by atoms with Crippen LogP contribution >= 0.6 is 15.9 Å². The summed E-state index contributed by atoms with van der Waals surface area (Å²) in [6, 6.07) is 2.34. The quantitative estimate of drug-likeness (QED) is 0.661. The number of nitro benzene ring substituents is 1. The molecule has 0 aromatic heterocycles. The van der Waals surface area contributed by atoms with E-state index in [0.29, 0.717) is 18.2 Å². The number of hydrogen-bond acceptors (Lipinski definition) is 4. The molecule has 1 atom stereocenters. The molecule has 2 N–H and O–H groups in total. The van der Waals surface area contributed by atoms with Gasteiger partial charge in [0.05, 0.1) is 15.5 Å². The molecule has 0 amide bonds. The molecule has 0 spiro atoms. The van der Waals surface area contributed by atoms with Crippen LogP contribution in [-0.4, -0.2) is 24.6 Å². The van der Waals surface area contributed by atoms with E-state index in [0.717, 1.165) is 25.6 Å². The molecular formula is C11H13BrFN3O2. The molecule has 1 aliphatic heterocycles. The number of halogens is 2. The Kier molecular flexibility index (Phi) is 4.13. The average molecular weight is 318 g/mol. The van der Waals surface area contributed by atoms with Gasteiger partial charge in [0.15, 0.2) is 0 Å². The van der Waals surface area contributed by atoms with Gasteiger partial charge >= 0.3 is 0 Å². The highest BCUT2D eigenvalue weighted by Crippen LogP contribution is 2.30. The minimum absolute atomic E-state index is 0.222. The summed E-state index contributed by atoms with van der Waals surface area (Å²) in [5, 5.41) is 17.1. The summed E-state index contributed by atoms with van der Waals surface area (Å²) in [6.45, 7) is 2.52. The molecule has 1 heterocycles. The number of rotatable bonds is 4. The lowest BCUT2D eigenvalue weighted by atomic mass is 10.1. The van der Waals surface area contributed by atoms with Crippen molar-refractivity contribution in [3.05, 3.63) is 32.5 Å². The maximum atomic E-state index is 13.3. The van der Waals surface area contributed by atoms with Crippen LogP contribution in [0.5, 0.6) is 0 Å². The summed E-state index contributed by atoms with van der Waals surface area (Å²) in [6.07, 6.45) is 1.04. The van der Waals surface area contributed by atoms with Crippen molar-refractivity contribution in [1.29, 1.82) is 0 Å². The monoisotopic (exact) mass is 317 g/mol. The lowest BCUT2D eigenvalue weighted by Crippen LogP contribution is -2.17. The van der Waals surface area contributed by atoms with Crippen LogP contribution in [0.3, 0.4) is 0 Å². The van der Waals surface area contributed by atoms with Crippen LogP contribution in [0.25, 0.3) is 0 Å². The zero-order valence-corrected chi connectivity index (χ0v) is 11.2. The number of anilines is 1. The third-order valence-electron chi connectivity index (χ3n) is 2.98. The second kappa shape index (κ2) is 5.62. The molecule has 1 fully saturated rings. The predicted molar refractivity (Wildman–Crippen MR) is 70.2 cm³/mol. The fourth-order valence-corrected chi connectivity index (χ4v) is 2.32. The molecular weight excluding hydrogens is 305 g/mol. The first-order valence-electron chi connectivity index (χ1n) is 5.66. The molecule has 1 aliphatic rings. The molecule has 18 heavy (non-hydrogen) atoms. The SMILES string of the molecule is O=[N+]([O-])c1cc(F)c(Br)cc1NCC1CCNC1. The lowest BCUT2D eigenvalue weighted by Gasteiger charge is -2.12. The third kappa shape index (κ3) is 2.97. The van der Waals surface area contributed by atoms with Crippen LogP contribution in [0.4, 0.5) is 15.8 Å². The van der Waals surface area contributed by atoms with Crippen LogP contribution in [0, 0.1) is 21.8 Å². The normalized spacial score (nSPS) is 18.9. The molecule has 98 valence electrons. The van der Waals surface area contributed by atoms with Gasteiger partial charge in [-0.15, -0.1) is 0 Å². The highest BCUT2D eigenvalue weighted by Gasteiger charge is 2.20. The van der Waals surface area contributed by atoms with Crippen molar-refractivity contribution in [2.75, 3.05) is 25.0 Å². The summed E-state index contributed by atoms with van der Waals surface area (Å²) < 4.78 is 13.5. The summed E-state index contributed by atoms with van der Waals surface area (Å²) in [4.78, 5) is 10.3. The first-order valence-corrected chi connectivity index (χ1v) is 6.45. The van der Waals surface area contributed by atoms with E-state index in [9.17, 15) is 14.5 Å². The molecule has 5 nitrogen and oxygen atoms in total. The second-order valence-electron chi connectivity index (χ2n) is 4.28. The first kappa shape index (κ1) is 13.2. The third-order valence-corrected chi connectivity index (χ3v) is 3.59. The molecule has 7 heteroatoms. The summed E-state index contributed by atoms with van der Waals surface area (Å²) in [7, 11) is 0. The molecule has 1 unspecified atom stereocenters. The van der Waals surface area contributed by atoms with Crippen molar-refractivity contribution in [3.63, 3.8) is 0 Å². The first-order chi connectivity index (χ1) is 8.58. The van der Waals surface area contributed by atoms with Crippen molar-refractivity contribution in [2.45, 2.75) is 6.42 Å². The fraction of sp³-hybridized carbons (Fsp3) is 0.455. The summed E-state index contributed by atoms with van der Waals surface area (Å²) in [5.41, 5.74) is 0.113. The Morgan fingerprint density at radius 1 is 1.61 bits per heavy atom. The van der Waals surface area contributed by atoms with Gasteiger partial charge in [-0.1, -0.05) is 0 Å². The minimum atomic E-state index is -0.630. The molecule has 1 aromatic carbocycles. The zero-order chi connectivity index (χ0) is 13.1. The Morgan fingerprint density at radius 3 is 3.00 bits per heavy atom. The molecule has 1 aromatic rings. The van der Waals surface area contributed by atoms with Gasteiger partial charge in [0.25, 0.3) is 5.69 Å². The topological polar surface area (TPSA) is 67.2 Å². The number of nitrogens with one attached hydrogen (secondary N) is 2. The minimum Gasteiger partial charge on any atom is -0.379 e. The van der Waals surface area contributed by atoms with E-state index in [2.05, 4.69) is 26.6 Å². The lowest BCUT2D eigenvalue weighted by molar-refractivity contribution is -0.384. The van der Waals surface area contributed by atoms with Gasteiger partial charge in [-0.25, -0.2) is 4.39 Å². The average Bonchev–Trinajstić information content (AvgIpc) is 2.83. The van der Waals surface area contributed by atoms with Gasteiger partial charge in [-0.05, 0) is 47.4 Å². The Hall–Kier alpha value is -1.21. The van der Waals surface area contributed by atoms with E-state index >= 15 is 0 Å². The van der Waals surface area contributed by atoms with E-state index in [1.807, 2.05) is 0 Å². The number of nitro groups is 1. The highest BCUT2D eigenvalue weighted by atomic mass is 79.9. The molecule has 0 saturated carbocycles. The van der Waals surface area contributed by atoms with Crippen LogP contribution in [0.15, 0.2) is 16.6 Å². The maximum Gasteiger partial charge on any atom is 0.295 e. The van der Waals surface area contributed by atoms with Gasteiger partial charge in [-0.3, -0.25) is 10.1 Å². The number of hydrogen-bond donors (Lipinski definition) is 2. The van der Waals surface area contributed by atoms with Crippen LogP contribution in [-0.2, 0) is 0 Å². The van der Waals surface area contributed by atoms with Gasteiger partial charge in [0.1, 0.15) is 11.5 Å². The van der Waals surface area contributed by atoms with Crippen LogP contribution in [0.2, 0.25) is 0 Å². The van der Waals surface area contributed by atoms with Crippen LogP contribution < -0.4 is 10.6 Å². The molecule has 1 saturated heterocycles. The highest BCUT2D eigenvalue weighted by molar-refractivity contribution is 9.10. The van der Waals surface area contributed by atoms with Gasteiger partial charge in [-0.2, -0.15) is 0 Å². The Labute approximate surface area is 112 Å². The number of nitrogens with zero attached hydrogens (tertiary/aromatic N) is 1. The van der Waals surface area contributed by atoms with Gasteiger partial charge < -0.3 is 10.6 Å². The van der Waals surface area contributed by atoms with Crippen molar-refractivity contribution in [3.8, 4) is 0 Å². The second-order valence-corrected chi connectivity index (χ2v) is 5.13. The molecule has 2 rings (SSSR count). The van der Waals surface area contributed by atoms with E-state index in [-0.39, 0.29) is 10.2 Å². The zero-order valence-electron chi connectivity index (χ0n) is 9.58. The Bertz CT molecular complexity index is 464. The number of benzene rings is 1. The van der Waals surface area contributed by atoms with Crippen molar-refractivity contribution >= 4 is 27.3 Å². The van der Waals surface area contributed by atoms with Crippen molar-refractivity contribution in [1.82, 2.24) is 5.32 Å². The fourth-order valence-electron chi connectivity index (χ4n) is 1.97. The molecule has 0 radical (unpaired) electrons.